The molecule has 1 rings (SSSR count). The molecule has 0 saturated carbocycles. The topological polar surface area (TPSA) is 47.9 Å². The molecule has 0 heterocycles. The summed E-state index contributed by atoms with van der Waals surface area (Å²) < 4.78 is 16.7. The number of hydrogen-bond donors (Lipinski definition) is 1. The number of aliphatic hydroxyl groups is 1. The molecular weight excluding hydrogens is 256 g/mol. The third-order valence-electron chi connectivity index (χ3n) is 2.82. The molecule has 4 heteroatoms. The van der Waals surface area contributed by atoms with Crippen LogP contribution in [0.25, 0.3) is 0 Å². The van der Waals surface area contributed by atoms with Crippen molar-refractivity contribution in [2.45, 2.75) is 33.8 Å². The van der Waals surface area contributed by atoms with E-state index in [4.69, 9.17) is 19.3 Å². The van der Waals surface area contributed by atoms with Gasteiger partial charge in [-0.25, -0.2) is 0 Å². The molecule has 1 aromatic rings. The van der Waals surface area contributed by atoms with Crippen LogP contribution in [0.4, 0.5) is 0 Å². The van der Waals surface area contributed by atoms with E-state index in [1.807, 2.05) is 19.1 Å². The molecule has 114 valence electrons. The molecule has 0 spiro atoms. The van der Waals surface area contributed by atoms with Crippen LogP contribution in [-0.4, -0.2) is 31.5 Å². The fraction of sp³-hybridized carbons (Fsp3) is 0.625. The second-order valence-corrected chi connectivity index (χ2v) is 5.02. The maximum atomic E-state index is 9.12. The van der Waals surface area contributed by atoms with Crippen LogP contribution in [-0.2, 0) is 11.3 Å². The van der Waals surface area contributed by atoms with Gasteiger partial charge < -0.3 is 19.3 Å². The van der Waals surface area contributed by atoms with E-state index in [0.717, 1.165) is 18.6 Å². The molecular formula is C16H26O4. The summed E-state index contributed by atoms with van der Waals surface area (Å²) in [7, 11) is 0. The molecule has 0 saturated heterocycles. The van der Waals surface area contributed by atoms with E-state index < -0.39 is 0 Å². The van der Waals surface area contributed by atoms with Gasteiger partial charge in [0.05, 0.1) is 19.8 Å². The van der Waals surface area contributed by atoms with Crippen molar-refractivity contribution < 1.29 is 19.3 Å². The van der Waals surface area contributed by atoms with Crippen LogP contribution in [0.5, 0.6) is 11.5 Å². The predicted octanol–water partition coefficient (Wildman–Crippen LogP) is 3.02. The fourth-order valence-corrected chi connectivity index (χ4v) is 1.67. The number of aliphatic hydroxyl groups excluding tert-OH is 1. The van der Waals surface area contributed by atoms with Crippen molar-refractivity contribution in [1.29, 1.82) is 0 Å². The van der Waals surface area contributed by atoms with E-state index in [1.54, 1.807) is 6.07 Å². The highest BCUT2D eigenvalue weighted by atomic mass is 16.5. The van der Waals surface area contributed by atoms with Crippen LogP contribution < -0.4 is 9.47 Å². The average Bonchev–Trinajstić information content (AvgIpc) is 2.43. The Morgan fingerprint density at radius 1 is 1.05 bits per heavy atom. The summed E-state index contributed by atoms with van der Waals surface area (Å²) in [6, 6.07) is 5.46. The Morgan fingerprint density at radius 3 is 2.50 bits per heavy atom. The second kappa shape index (κ2) is 9.61. The normalized spacial score (nSPS) is 10.8. The monoisotopic (exact) mass is 282 g/mol. The molecule has 0 aliphatic heterocycles. The lowest BCUT2D eigenvalue weighted by molar-refractivity contribution is 0.0913. The van der Waals surface area contributed by atoms with Gasteiger partial charge in [-0.3, -0.25) is 0 Å². The molecule has 0 aliphatic carbocycles. The van der Waals surface area contributed by atoms with E-state index in [1.165, 1.54) is 0 Å². The van der Waals surface area contributed by atoms with Gasteiger partial charge in [0.25, 0.3) is 0 Å². The van der Waals surface area contributed by atoms with Crippen LogP contribution in [0.2, 0.25) is 0 Å². The highest BCUT2D eigenvalue weighted by Gasteiger charge is 2.06. The number of benzene rings is 1. The van der Waals surface area contributed by atoms with Crippen molar-refractivity contribution in [1.82, 2.24) is 0 Å². The number of rotatable bonds is 10. The Morgan fingerprint density at radius 2 is 1.85 bits per heavy atom. The molecule has 0 radical (unpaired) electrons. The molecule has 0 amide bonds. The number of ether oxygens (including phenoxy) is 3. The van der Waals surface area contributed by atoms with Gasteiger partial charge in [0.15, 0.2) is 11.5 Å². The van der Waals surface area contributed by atoms with Crippen molar-refractivity contribution >= 4 is 0 Å². The second-order valence-electron chi connectivity index (χ2n) is 5.02. The lowest BCUT2D eigenvalue weighted by Gasteiger charge is -2.13. The minimum absolute atomic E-state index is 0.00132. The van der Waals surface area contributed by atoms with Gasteiger partial charge in [-0.15, -0.1) is 0 Å². The molecule has 0 atom stereocenters. The first-order valence-electron chi connectivity index (χ1n) is 7.24. The fourth-order valence-electron chi connectivity index (χ4n) is 1.67. The van der Waals surface area contributed by atoms with Gasteiger partial charge in [0.2, 0.25) is 0 Å². The maximum absolute atomic E-state index is 9.12. The molecule has 0 fully saturated rings. The van der Waals surface area contributed by atoms with Crippen molar-refractivity contribution in [2.24, 2.45) is 5.92 Å². The Bertz CT molecular complexity index is 377. The lowest BCUT2D eigenvalue weighted by Crippen LogP contribution is -2.09. The highest BCUT2D eigenvalue weighted by molar-refractivity contribution is 5.42. The van der Waals surface area contributed by atoms with Crippen molar-refractivity contribution in [3.63, 3.8) is 0 Å². The largest absolute Gasteiger partial charge is 0.490 e. The summed E-state index contributed by atoms with van der Waals surface area (Å²) in [5, 5.41) is 9.12. The van der Waals surface area contributed by atoms with Gasteiger partial charge in [0.1, 0.15) is 6.61 Å². The summed E-state index contributed by atoms with van der Waals surface area (Å²) >= 11 is 0. The Balaban J connectivity index is 2.38. The third kappa shape index (κ3) is 6.26. The molecule has 1 aromatic carbocycles. The van der Waals surface area contributed by atoms with Gasteiger partial charge in [-0.2, -0.15) is 0 Å². The van der Waals surface area contributed by atoms with E-state index in [2.05, 4.69) is 13.8 Å². The van der Waals surface area contributed by atoms with Gasteiger partial charge in [-0.05, 0) is 37.0 Å². The van der Waals surface area contributed by atoms with E-state index in [0.29, 0.717) is 37.2 Å². The molecule has 20 heavy (non-hydrogen) atoms. The van der Waals surface area contributed by atoms with Crippen molar-refractivity contribution in [2.75, 3.05) is 26.4 Å². The molecule has 0 bridgehead atoms. The van der Waals surface area contributed by atoms with Crippen molar-refractivity contribution in [3.8, 4) is 11.5 Å². The molecule has 0 aromatic heterocycles. The zero-order valence-corrected chi connectivity index (χ0v) is 12.7. The predicted molar refractivity (Wildman–Crippen MR) is 79.3 cm³/mol. The van der Waals surface area contributed by atoms with Crippen LogP contribution in [0, 0.1) is 5.92 Å². The van der Waals surface area contributed by atoms with Crippen LogP contribution >= 0.6 is 0 Å². The highest BCUT2D eigenvalue weighted by Crippen LogP contribution is 2.28. The first kappa shape index (κ1) is 16.8. The van der Waals surface area contributed by atoms with Gasteiger partial charge in [0, 0.05) is 6.61 Å². The summed E-state index contributed by atoms with van der Waals surface area (Å²) in [6.07, 6.45) is 1.06. The minimum atomic E-state index is -0.00132. The summed E-state index contributed by atoms with van der Waals surface area (Å²) in [4.78, 5) is 0. The molecule has 0 aliphatic rings. The molecule has 1 N–H and O–H groups in total. The minimum Gasteiger partial charge on any atom is -0.490 e. The smallest absolute Gasteiger partial charge is 0.161 e. The summed E-state index contributed by atoms with van der Waals surface area (Å²) in [6.45, 7) is 8.67. The quantitative estimate of drug-likeness (QED) is 0.670. The van der Waals surface area contributed by atoms with E-state index in [9.17, 15) is 0 Å². The van der Waals surface area contributed by atoms with Crippen LogP contribution in [0.15, 0.2) is 18.2 Å². The SMILES string of the molecule is CCOc1cc(CO)ccc1OCCOCCC(C)C. The third-order valence-corrected chi connectivity index (χ3v) is 2.82. The zero-order valence-electron chi connectivity index (χ0n) is 12.7. The first-order chi connectivity index (χ1) is 9.67. The Kier molecular flexibility index (Phi) is 8.07. The van der Waals surface area contributed by atoms with E-state index in [-0.39, 0.29) is 6.61 Å². The Hall–Kier alpha value is -1.26. The first-order valence-corrected chi connectivity index (χ1v) is 7.24. The molecule has 0 unspecified atom stereocenters. The van der Waals surface area contributed by atoms with E-state index >= 15 is 0 Å². The van der Waals surface area contributed by atoms with Gasteiger partial charge in [-0.1, -0.05) is 19.9 Å². The van der Waals surface area contributed by atoms with Gasteiger partial charge >= 0.3 is 0 Å². The zero-order chi connectivity index (χ0) is 14.8. The standard InChI is InChI=1S/C16H26O4/c1-4-19-16-11-14(12-17)5-6-15(16)20-10-9-18-8-7-13(2)3/h5-6,11,13,17H,4,7-10,12H2,1-3H3. The maximum Gasteiger partial charge on any atom is 0.161 e. The summed E-state index contributed by atoms with van der Waals surface area (Å²) in [5.41, 5.74) is 0.814. The van der Waals surface area contributed by atoms with Crippen molar-refractivity contribution in [3.05, 3.63) is 23.8 Å². The Labute approximate surface area is 121 Å². The average molecular weight is 282 g/mol. The van der Waals surface area contributed by atoms with Crippen LogP contribution in [0.1, 0.15) is 32.8 Å². The summed E-state index contributed by atoms with van der Waals surface area (Å²) in [5.74, 6) is 2.02. The molecule has 4 nitrogen and oxygen atoms in total. The van der Waals surface area contributed by atoms with Crippen LogP contribution in [0.3, 0.4) is 0 Å². The lowest BCUT2D eigenvalue weighted by atomic mass is 10.1. The number of hydrogen-bond acceptors (Lipinski definition) is 4.